The molecule has 4 nitrogen and oxygen atoms in total. The molecule has 2 aromatic heterocycles. The first-order valence-electron chi connectivity index (χ1n) is 4.09. The van der Waals surface area contributed by atoms with Gasteiger partial charge in [-0.05, 0) is 0 Å². The normalized spacial score (nSPS) is 11.1. The third-order valence-corrected chi connectivity index (χ3v) is 4.52. The number of hydrogen-bond donors (Lipinski definition) is 1. The van der Waals surface area contributed by atoms with Crippen molar-refractivity contribution in [3.63, 3.8) is 0 Å². The van der Waals surface area contributed by atoms with Crippen LogP contribution in [-0.2, 0) is 0 Å². The van der Waals surface area contributed by atoms with Crippen molar-refractivity contribution in [2.45, 2.75) is 0 Å². The molecule has 0 amide bonds. The molecule has 14 heavy (non-hydrogen) atoms. The molecule has 0 bridgehead atoms. The summed E-state index contributed by atoms with van der Waals surface area (Å²) in [5.74, 6) is 0. The van der Waals surface area contributed by atoms with Gasteiger partial charge in [0.2, 0.25) is 0 Å². The molecule has 3 rings (SSSR count). The van der Waals surface area contributed by atoms with Crippen LogP contribution in [0.4, 0.5) is 0 Å². The Hall–Kier alpha value is -1.45. The molecular weight excluding hydrogens is 245 g/mol. The van der Waals surface area contributed by atoms with Crippen molar-refractivity contribution in [1.29, 1.82) is 0 Å². The summed E-state index contributed by atoms with van der Waals surface area (Å²) in [7, 11) is 0. The zero-order chi connectivity index (χ0) is 9.54. The predicted octanol–water partition coefficient (Wildman–Crippen LogP) is 0.528. The van der Waals surface area contributed by atoms with Crippen molar-refractivity contribution in [3.8, 4) is 0 Å². The first kappa shape index (κ1) is 7.91. The molecule has 1 aromatic carbocycles. The molecular formula is C9H5N3OSe. The van der Waals surface area contributed by atoms with Crippen LogP contribution in [0.2, 0.25) is 0 Å². The van der Waals surface area contributed by atoms with Gasteiger partial charge in [0.15, 0.2) is 0 Å². The van der Waals surface area contributed by atoms with Crippen LogP contribution in [0.15, 0.2) is 29.1 Å². The van der Waals surface area contributed by atoms with Gasteiger partial charge in [-0.25, -0.2) is 0 Å². The van der Waals surface area contributed by atoms with E-state index in [9.17, 15) is 4.79 Å². The van der Waals surface area contributed by atoms with Crippen LogP contribution < -0.4 is 5.56 Å². The maximum atomic E-state index is 11.4. The number of nitrogens with zero attached hydrogens (tertiary/aromatic N) is 2. The number of hydrogen-bond acceptors (Lipinski definition) is 3. The van der Waals surface area contributed by atoms with Crippen molar-refractivity contribution >= 4 is 33.9 Å². The van der Waals surface area contributed by atoms with E-state index in [1.807, 2.05) is 24.3 Å². The number of H-pyrrole nitrogens is 1. The number of aromatic nitrogens is 3. The molecule has 0 saturated heterocycles. The van der Waals surface area contributed by atoms with Crippen LogP contribution in [0.3, 0.4) is 0 Å². The van der Waals surface area contributed by atoms with E-state index in [-0.39, 0.29) is 20.1 Å². The minimum absolute atomic E-state index is 0.0788. The molecule has 0 spiro atoms. The number of rotatable bonds is 0. The summed E-state index contributed by atoms with van der Waals surface area (Å²) < 4.78 is 2.01. The molecule has 68 valence electrons. The monoisotopic (exact) mass is 251 g/mol. The van der Waals surface area contributed by atoms with Crippen molar-refractivity contribution in [3.05, 3.63) is 34.6 Å². The third kappa shape index (κ3) is 0.967. The van der Waals surface area contributed by atoms with E-state index >= 15 is 0 Å². The van der Waals surface area contributed by atoms with E-state index in [1.54, 1.807) is 0 Å². The quantitative estimate of drug-likeness (QED) is 0.592. The number of nitrogens with one attached hydrogen (secondary N) is 1. The summed E-state index contributed by atoms with van der Waals surface area (Å²) in [6, 6.07) is 7.99. The Morgan fingerprint density at radius 1 is 1.29 bits per heavy atom. The maximum absolute atomic E-state index is 11.4. The summed E-state index contributed by atoms with van der Waals surface area (Å²) in [4.78, 5) is 11.4. The fourth-order valence-electron chi connectivity index (χ4n) is 1.47. The van der Waals surface area contributed by atoms with Crippen LogP contribution >= 0.6 is 0 Å². The minimum atomic E-state index is -0.199. The summed E-state index contributed by atoms with van der Waals surface area (Å²) in [5.41, 5.74) is 0.649. The van der Waals surface area contributed by atoms with Gasteiger partial charge in [0.25, 0.3) is 0 Å². The second kappa shape index (κ2) is 2.77. The van der Waals surface area contributed by atoms with Gasteiger partial charge in [0, 0.05) is 0 Å². The molecule has 0 aliphatic heterocycles. The fraction of sp³-hybridized carbons (Fsp3) is 0. The number of fused-ring (bicyclic) bond motifs is 3. The Balaban J connectivity index is 2.70. The second-order valence-electron chi connectivity index (χ2n) is 2.92. The fourth-order valence-corrected chi connectivity index (χ4v) is 3.64. The topological polar surface area (TPSA) is 58.6 Å². The van der Waals surface area contributed by atoms with Crippen molar-refractivity contribution in [1.82, 2.24) is 15.4 Å². The van der Waals surface area contributed by atoms with Gasteiger partial charge in [-0.2, -0.15) is 0 Å². The van der Waals surface area contributed by atoms with Crippen LogP contribution in [0.5, 0.6) is 0 Å². The van der Waals surface area contributed by atoms with Gasteiger partial charge >= 0.3 is 84.0 Å². The summed E-state index contributed by atoms with van der Waals surface area (Å²) in [6.07, 6.45) is 0. The number of aromatic amines is 1. The Morgan fingerprint density at radius 3 is 3.07 bits per heavy atom. The third-order valence-electron chi connectivity index (χ3n) is 2.09. The first-order chi connectivity index (χ1) is 6.86. The van der Waals surface area contributed by atoms with E-state index in [4.69, 9.17) is 0 Å². The summed E-state index contributed by atoms with van der Waals surface area (Å²) in [6.45, 7) is 0. The van der Waals surface area contributed by atoms with Crippen molar-refractivity contribution in [2.75, 3.05) is 0 Å². The van der Waals surface area contributed by atoms with Crippen LogP contribution in [0.1, 0.15) is 0 Å². The van der Waals surface area contributed by atoms with Gasteiger partial charge in [-0.15, -0.1) is 0 Å². The van der Waals surface area contributed by atoms with Gasteiger partial charge in [-0.3, -0.25) is 0 Å². The molecule has 0 aliphatic carbocycles. The molecule has 0 fully saturated rings. The second-order valence-corrected chi connectivity index (χ2v) is 5.13. The molecule has 0 atom stereocenters. The number of benzene rings is 1. The van der Waals surface area contributed by atoms with Gasteiger partial charge in [-0.1, -0.05) is 0 Å². The Bertz CT molecular complexity index is 670. The molecule has 0 aliphatic rings. The van der Waals surface area contributed by atoms with Crippen LogP contribution in [-0.4, -0.2) is 29.9 Å². The van der Waals surface area contributed by atoms with E-state index in [1.165, 1.54) is 4.26 Å². The van der Waals surface area contributed by atoms with Gasteiger partial charge in [0.1, 0.15) is 0 Å². The molecule has 1 N–H and O–H groups in total. The standard InChI is InChI=1S/C9H5N3OSe/c13-9-8-7(10-12-11-9)5-3-1-2-4-6(5)14-8/h1-4H,(H,10,11,13). The zero-order valence-corrected chi connectivity index (χ0v) is 8.73. The van der Waals surface area contributed by atoms with E-state index in [2.05, 4.69) is 15.4 Å². The summed E-state index contributed by atoms with van der Waals surface area (Å²) in [5, 5.41) is 11.0. The molecule has 5 heteroatoms. The first-order valence-corrected chi connectivity index (χ1v) is 5.80. The van der Waals surface area contributed by atoms with Crippen LogP contribution in [0.25, 0.3) is 19.4 Å². The van der Waals surface area contributed by atoms with Crippen molar-refractivity contribution in [2.24, 2.45) is 0 Å². The molecule has 0 saturated carbocycles. The molecule has 2 heterocycles. The van der Waals surface area contributed by atoms with Crippen LogP contribution in [0, 0.1) is 0 Å². The Kier molecular flexibility index (Phi) is 1.56. The summed E-state index contributed by atoms with van der Waals surface area (Å²) >= 11 is 0.0788. The van der Waals surface area contributed by atoms with E-state index in [0.717, 1.165) is 15.2 Å². The SMILES string of the molecule is O=c1nn[nH]c2c1[se]c1ccccc12. The average molecular weight is 250 g/mol. The van der Waals surface area contributed by atoms with Gasteiger partial charge < -0.3 is 0 Å². The zero-order valence-electron chi connectivity index (χ0n) is 7.02. The molecule has 0 unspecified atom stereocenters. The van der Waals surface area contributed by atoms with Gasteiger partial charge in [0.05, 0.1) is 0 Å². The average Bonchev–Trinajstić information content (AvgIpc) is 2.59. The Labute approximate surface area is 84.3 Å². The predicted molar refractivity (Wildman–Crippen MR) is 54.6 cm³/mol. The van der Waals surface area contributed by atoms with E-state index < -0.39 is 0 Å². The van der Waals surface area contributed by atoms with E-state index in [0.29, 0.717) is 0 Å². The Morgan fingerprint density at radius 2 is 2.14 bits per heavy atom. The van der Waals surface area contributed by atoms with Crippen molar-refractivity contribution < 1.29 is 0 Å². The molecule has 3 aromatic rings. The molecule has 0 radical (unpaired) electrons.